The van der Waals surface area contributed by atoms with Gasteiger partial charge in [-0.1, -0.05) is 26.7 Å². The Morgan fingerprint density at radius 3 is 2.47 bits per heavy atom. The smallest absolute Gasteiger partial charge is 0.191 e. The number of nitrogens with zero attached hydrogens (tertiary/aromatic N) is 2. The molecule has 17 heavy (non-hydrogen) atoms. The van der Waals surface area contributed by atoms with Crippen molar-refractivity contribution in [3.05, 3.63) is 0 Å². The molecule has 0 bridgehead atoms. The molecule has 0 radical (unpaired) electrons. The van der Waals surface area contributed by atoms with Gasteiger partial charge in [0.2, 0.25) is 0 Å². The van der Waals surface area contributed by atoms with Crippen LogP contribution in [-0.2, 0) is 0 Å². The van der Waals surface area contributed by atoms with E-state index in [1.54, 1.807) is 0 Å². The first kappa shape index (κ1) is 12.7. The normalized spacial score (nSPS) is 25.8. The zero-order chi connectivity index (χ0) is 12.3. The van der Waals surface area contributed by atoms with E-state index < -0.39 is 0 Å². The summed E-state index contributed by atoms with van der Waals surface area (Å²) in [6, 6.07) is 0.508. The molecule has 3 heteroatoms. The molecule has 1 aliphatic carbocycles. The Morgan fingerprint density at radius 1 is 1.29 bits per heavy atom. The molecule has 1 saturated heterocycles. The van der Waals surface area contributed by atoms with Gasteiger partial charge < -0.3 is 10.6 Å². The third kappa shape index (κ3) is 2.75. The highest BCUT2D eigenvalue weighted by Gasteiger charge is 2.35. The molecule has 0 aromatic rings. The molecule has 2 fully saturated rings. The van der Waals surface area contributed by atoms with Crippen molar-refractivity contribution in [2.45, 2.75) is 64.8 Å². The van der Waals surface area contributed by atoms with E-state index in [-0.39, 0.29) is 0 Å². The van der Waals surface area contributed by atoms with E-state index in [9.17, 15) is 0 Å². The van der Waals surface area contributed by atoms with Gasteiger partial charge in [-0.2, -0.15) is 0 Å². The molecule has 1 heterocycles. The number of hydrogen-bond acceptors (Lipinski definition) is 1. The van der Waals surface area contributed by atoms with Crippen LogP contribution in [0.2, 0.25) is 0 Å². The van der Waals surface area contributed by atoms with Crippen molar-refractivity contribution in [3.8, 4) is 0 Å². The quantitative estimate of drug-likeness (QED) is 0.606. The van der Waals surface area contributed by atoms with Crippen LogP contribution in [0.5, 0.6) is 0 Å². The summed E-state index contributed by atoms with van der Waals surface area (Å²) in [6.45, 7) is 6.82. The zero-order valence-electron chi connectivity index (χ0n) is 11.4. The summed E-state index contributed by atoms with van der Waals surface area (Å²) >= 11 is 0. The molecule has 0 unspecified atom stereocenters. The molecule has 0 aromatic heterocycles. The molecule has 0 aromatic carbocycles. The molecule has 1 saturated carbocycles. The number of nitrogens with two attached hydrogens (primary N) is 1. The number of hydrogen-bond donors (Lipinski definition) is 1. The lowest BCUT2D eigenvalue weighted by atomic mass is 9.82. The summed E-state index contributed by atoms with van der Waals surface area (Å²) in [5, 5.41) is 0. The van der Waals surface area contributed by atoms with Crippen molar-refractivity contribution < 1.29 is 0 Å². The predicted molar refractivity (Wildman–Crippen MR) is 73.1 cm³/mol. The zero-order valence-corrected chi connectivity index (χ0v) is 11.4. The van der Waals surface area contributed by atoms with Crippen molar-refractivity contribution in [3.63, 3.8) is 0 Å². The van der Waals surface area contributed by atoms with Crippen molar-refractivity contribution in [1.82, 2.24) is 4.90 Å². The minimum atomic E-state index is 0.496. The van der Waals surface area contributed by atoms with Gasteiger partial charge in [0.15, 0.2) is 5.96 Å². The number of rotatable bonds is 3. The molecule has 0 atom stereocenters. The summed E-state index contributed by atoms with van der Waals surface area (Å²) in [6.07, 6.45) is 8.93. The molecule has 98 valence electrons. The minimum Gasteiger partial charge on any atom is -0.370 e. The highest BCUT2D eigenvalue weighted by Crippen LogP contribution is 2.36. The molecule has 0 amide bonds. The third-order valence-electron chi connectivity index (χ3n) is 4.90. The van der Waals surface area contributed by atoms with E-state index >= 15 is 0 Å². The van der Waals surface area contributed by atoms with E-state index in [1.807, 2.05) is 0 Å². The van der Waals surface area contributed by atoms with Crippen molar-refractivity contribution in [2.24, 2.45) is 16.1 Å². The lowest BCUT2D eigenvalue weighted by Gasteiger charge is -2.27. The Balaban J connectivity index is 1.95. The van der Waals surface area contributed by atoms with Crippen LogP contribution in [0, 0.1) is 5.41 Å². The van der Waals surface area contributed by atoms with E-state index in [4.69, 9.17) is 10.7 Å². The van der Waals surface area contributed by atoms with E-state index in [0.29, 0.717) is 11.5 Å². The van der Waals surface area contributed by atoms with Gasteiger partial charge in [-0.05, 0) is 37.5 Å². The third-order valence-corrected chi connectivity index (χ3v) is 4.90. The van der Waals surface area contributed by atoms with Gasteiger partial charge in [0, 0.05) is 13.1 Å². The van der Waals surface area contributed by atoms with Crippen LogP contribution in [0.4, 0.5) is 0 Å². The van der Waals surface area contributed by atoms with E-state index in [2.05, 4.69) is 18.7 Å². The standard InChI is InChI=1S/C14H27N3/c1-3-14(4-2)9-10-17(11-14)13(15)16-12-7-5-6-8-12/h12H,3-11H2,1-2H3,(H2,15,16). The summed E-state index contributed by atoms with van der Waals surface area (Å²) in [4.78, 5) is 7.02. The first-order chi connectivity index (χ1) is 8.19. The number of aliphatic imine (C=N–C) groups is 1. The van der Waals surface area contributed by atoms with Gasteiger partial charge in [0.25, 0.3) is 0 Å². The fourth-order valence-corrected chi connectivity index (χ4v) is 3.26. The van der Waals surface area contributed by atoms with Gasteiger partial charge in [0.1, 0.15) is 0 Å². The van der Waals surface area contributed by atoms with Gasteiger partial charge in [-0.25, -0.2) is 4.99 Å². The highest BCUT2D eigenvalue weighted by atomic mass is 15.3. The van der Waals surface area contributed by atoms with Gasteiger partial charge >= 0.3 is 0 Å². The van der Waals surface area contributed by atoms with Crippen molar-refractivity contribution >= 4 is 5.96 Å². The summed E-state index contributed by atoms with van der Waals surface area (Å²) < 4.78 is 0. The topological polar surface area (TPSA) is 41.6 Å². The van der Waals surface area contributed by atoms with Crippen molar-refractivity contribution in [1.29, 1.82) is 0 Å². The maximum Gasteiger partial charge on any atom is 0.191 e. The first-order valence-electron chi connectivity index (χ1n) is 7.27. The fraction of sp³-hybridized carbons (Fsp3) is 0.929. The van der Waals surface area contributed by atoms with Crippen LogP contribution < -0.4 is 5.73 Å². The SMILES string of the molecule is CCC1(CC)CCN(C(N)=NC2CCCC2)C1. The second-order valence-electron chi connectivity index (χ2n) is 5.80. The Morgan fingerprint density at radius 2 is 1.94 bits per heavy atom. The van der Waals surface area contributed by atoms with E-state index in [0.717, 1.165) is 19.0 Å². The van der Waals surface area contributed by atoms with Crippen LogP contribution >= 0.6 is 0 Å². The monoisotopic (exact) mass is 237 g/mol. The lowest BCUT2D eigenvalue weighted by molar-refractivity contribution is 0.277. The highest BCUT2D eigenvalue weighted by molar-refractivity contribution is 5.78. The van der Waals surface area contributed by atoms with Crippen LogP contribution in [0.25, 0.3) is 0 Å². The molecule has 3 nitrogen and oxygen atoms in total. The van der Waals surface area contributed by atoms with Gasteiger partial charge in [0.05, 0.1) is 6.04 Å². The minimum absolute atomic E-state index is 0.496. The van der Waals surface area contributed by atoms with Gasteiger partial charge in [-0.3, -0.25) is 0 Å². The molecule has 2 N–H and O–H groups in total. The lowest BCUT2D eigenvalue weighted by Crippen LogP contribution is -2.38. The fourth-order valence-electron chi connectivity index (χ4n) is 3.26. The largest absolute Gasteiger partial charge is 0.370 e. The maximum atomic E-state index is 6.17. The molecule has 0 spiro atoms. The number of guanidine groups is 1. The van der Waals surface area contributed by atoms with Crippen LogP contribution in [0.1, 0.15) is 58.8 Å². The summed E-state index contributed by atoms with van der Waals surface area (Å²) in [7, 11) is 0. The van der Waals surface area contributed by atoms with Crippen LogP contribution in [-0.4, -0.2) is 30.0 Å². The van der Waals surface area contributed by atoms with Crippen LogP contribution in [0.15, 0.2) is 4.99 Å². The molecular weight excluding hydrogens is 210 g/mol. The Kier molecular flexibility index (Phi) is 3.95. The first-order valence-corrected chi connectivity index (χ1v) is 7.27. The second kappa shape index (κ2) is 5.28. The average Bonchev–Trinajstić information content (AvgIpc) is 2.97. The Bertz CT molecular complexity index is 275. The molecule has 1 aliphatic heterocycles. The predicted octanol–water partition coefficient (Wildman–Crippen LogP) is 2.76. The van der Waals surface area contributed by atoms with Crippen molar-refractivity contribution in [2.75, 3.05) is 13.1 Å². The Labute approximate surface area is 105 Å². The summed E-state index contributed by atoms with van der Waals surface area (Å²) in [5.41, 5.74) is 6.66. The summed E-state index contributed by atoms with van der Waals surface area (Å²) in [5.74, 6) is 0.806. The Hall–Kier alpha value is -0.730. The molecule has 2 aliphatic rings. The van der Waals surface area contributed by atoms with E-state index in [1.165, 1.54) is 44.9 Å². The maximum absolute atomic E-state index is 6.17. The number of likely N-dealkylation sites (tertiary alicyclic amines) is 1. The van der Waals surface area contributed by atoms with Crippen LogP contribution in [0.3, 0.4) is 0 Å². The average molecular weight is 237 g/mol. The second-order valence-corrected chi connectivity index (χ2v) is 5.80. The van der Waals surface area contributed by atoms with Gasteiger partial charge in [-0.15, -0.1) is 0 Å². The molecule has 2 rings (SSSR count). The molecular formula is C14H27N3.